The molecule has 6 nitrogen and oxygen atoms in total. The molecule has 2 rings (SSSR count). The number of thioether (sulfide) groups is 1. The van der Waals surface area contributed by atoms with Gasteiger partial charge in [0.15, 0.2) is 11.5 Å². The summed E-state index contributed by atoms with van der Waals surface area (Å²) in [6.45, 7) is 1.38. The zero-order valence-corrected chi connectivity index (χ0v) is 13.7. The highest BCUT2D eigenvalue weighted by Crippen LogP contribution is 2.36. The van der Waals surface area contributed by atoms with Gasteiger partial charge in [-0.15, -0.1) is 0 Å². The van der Waals surface area contributed by atoms with Crippen LogP contribution < -0.4 is 25.3 Å². The summed E-state index contributed by atoms with van der Waals surface area (Å²) < 4.78 is 16.4. The molecule has 0 saturated heterocycles. The van der Waals surface area contributed by atoms with E-state index in [1.165, 1.54) is 0 Å². The Hall–Kier alpha value is -1.60. The van der Waals surface area contributed by atoms with Gasteiger partial charge >= 0.3 is 0 Å². The maximum Gasteiger partial charge on any atom is 0.237 e. The number of fused-ring (bicyclic) bond motifs is 1. The molecule has 1 aliphatic heterocycles. The molecule has 122 valence electrons. The number of hydrogen-bond acceptors (Lipinski definition) is 6. The maximum atomic E-state index is 12.0. The van der Waals surface area contributed by atoms with Crippen LogP contribution in [0.1, 0.15) is 12.0 Å². The van der Waals surface area contributed by atoms with Gasteiger partial charge in [0.25, 0.3) is 0 Å². The van der Waals surface area contributed by atoms with E-state index in [1.807, 2.05) is 12.3 Å². The molecule has 0 bridgehead atoms. The zero-order chi connectivity index (χ0) is 15.9. The first-order chi connectivity index (χ1) is 10.7. The molecule has 22 heavy (non-hydrogen) atoms. The fraction of sp³-hybridized carbons (Fsp3) is 0.533. The largest absolute Gasteiger partial charge is 0.496 e. The smallest absolute Gasteiger partial charge is 0.237 e. The van der Waals surface area contributed by atoms with Crippen LogP contribution in [0.25, 0.3) is 0 Å². The summed E-state index contributed by atoms with van der Waals surface area (Å²) in [5.41, 5.74) is 6.68. The predicted octanol–water partition coefficient (Wildman–Crippen LogP) is 1.16. The lowest BCUT2D eigenvalue weighted by Gasteiger charge is -2.21. The SMILES string of the molecule is COc1cc2c(cc1CNC(=O)[C@@H](N)CCSC)OCCO2. The van der Waals surface area contributed by atoms with Crippen LogP contribution in [0.3, 0.4) is 0 Å². The van der Waals surface area contributed by atoms with Crippen LogP contribution >= 0.6 is 11.8 Å². The van der Waals surface area contributed by atoms with Gasteiger partial charge in [0, 0.05) is 18.2 Å². The van der Waals surface area contributed by atoms with E-state index < -0.39 is 6.04 Å². The van der Waals surface area contributed by atoms with Crippen LogP contribution in [0.4, 0.5) is 0 Å². The quantitative estimate of drug-likeness (QED) is 0.782. The maximum absolute atomic E-state index is 12.0. The molecule has 0 aromatic heterocycles. The van der Waals surface area contributed by atoms with Crippen molar-refractivity contribution < 1.29 is 19.0 Å². The first-order valence-electron chi connectivity index (χ1n) is 7.14. The lowest BCUT2D eigenvalue weighted by Crippen LogP contribution is -2.40. The lowest BCUT2D eigenvalue weighted by molar-refractivity contribution is -0.122. The number of amides is 1. The minimum absolute atomic E-state index is 0.161. The minimum atomic E-state index is -0.490. The molecule has 1 amide bonds. The second-order valence-corrected chi connectivity index (χ2v) is 5.90. The first kappa shape index (κ1) is 16.8. The van der Waals surface area contributed by atoms with Crippen LogP contribution in [0.5, 0.6) is 17.2 Å². The van der Waals surface area contributed by atoms with E-state index in [4.69, 9.17) is 19.9 Å². The number of hydrogen-bond donors (Lipinski definition) is 2. The van der Waals surface area contributed by atoms with Crippen LogP contribution in [0, 0.1) is 0 Å². The van der Waals surface area contributed by atoms with Crippen molar-refractivity contribution >= 4 is 17.7 Å². The molecule has 1 heterocycles. The molecular weight excluding hydrogens is 304 g/mol. The second kappa shape index (κ2) is 8.14. The third kappa shape index (κ3) is 4.20. The average Bonchev–Trinajstić information content (AvgIpc) is 2.56. The number of carbonyl (C=O) groups excluding carboxylic acids is 1. The summed E-state index contributed by atoms with van der Waals surface area (Å²) in [5.74, 6) is 2.69. The van der Waals surface area contributed by atoms with Gasteiger partial charge in [0.2, 0.25) is 5.91 Å². The Bertz CT molecular complexity index is 525. The van der Waals surface area contributed by atoms with E-state index in [0.29, 0.717) is 43.4 Å². The highest BCUT2D eigenvalue weighted by Gasteiger charge is 2.18. The van der Waals surface area contributed by atoms with Crippen molar-refractivity contribution in [2.45, 2.75) is 19.0 Å². The highest BCUT2D eigenvalue weighted by molar-refractivity contribution is 7.98. The molecule has 1 aromatic carbocycles. The van der Waals surface area contributed by atoms with Crippen LogP contribution in [-0.4, -0.2) is 44.3 Å². The van der Waals surface area contributed by atoms with Crippen LogP contribution in [-0.2, 0) is 11.3 Å². The number of methoxy groups -OCH3 is 1. The Labute approximate surface area is 134 Å². The molecule has 1 aromatic rings. The summed E-state index contributed by atoms with van der Waals surface area (Å²) in [7, 11) is 1.58. The predicted molar refractivity (Wildman–Crippen MR) is 86.8 cm³/mol. The Morgan fingerprint density at radius 1 is 1.41 bits per heavy atom. The van der Waals surface area contributed by atoms with E-state index in [0.717, 1.165) is 11.3 Å². The number of rotatable bonds is 7. The molecule has 3 N–H and O–H groups in total. The van der Waals surface area contributed by atoms with E-state index in [-0.39, 0.29) is 5.91 Å². The number of nitrogens with two attached hydrogens (primary N) is 1. The van der Waals surface area contributed by atoms with Gasteiger partial charge in [-0.3, -0.25) is 4.79 Å². The number of benzene rings is 1. The highest BCUT2D eigenvalue weighted by atomic mass is 32.2. The van der Waals surface area contributed by atoms with Gasteiger partial charge in [-0.25, -0.2) is 0 Å². The van der Waals surface area contributed by atoms with Crippen molar-refractivity contribution in [2.24, 2.45) is 5.73 Å². The fourth-order valence-corrected chi connectivity index (χ4v) is 2.62. The number of carbonyl (C=O) groups is 1. The van der Waals surface area contributed by atoms with Crippen molar-refractivity contribution in [3.05, 3.63) is 17.7 Å². The molecule has 0 unspecified atom stereocenters. The van der Waals surface area contributed by atoms with Gasteiger partial charge in [-0.05, 0) is 24.5 Å². The second-order valence-electron chi connectivity index (χ2n) is 4.91. The van der Waals surface area contributed by atoms with Gasteiger partial charge in [-0.1, -0.05) is 0 Å². The third-order valence-electron chi connectivity index (χ3n) is 3.37. The topological polar surface area (TPSA) is 82.8 Å². The molecule has 0 spiro atoms. The number of nitrogens with one attached hydrogen (secondary N) is 1. The van der Waals surface area contributed by atoms with Crippen LogP contribution in [0.15, 0.2) is 12.1 Å². The van der Waals surface area contributed by atoms with Gasteiger partial charge in [0.05, 0.1) is 13.2 Å². The Morgan fingerprint density at radius 2 is 2.09 bits per heavy atom. The lowest BCUT2D eigenvalue weighted by atomic mass is 10.1. The molecular formula is C15H22N2O4S. The monoisotopic (exact) mass is 326 g/mol. The molecule has 7 heteroatoms. The van der Waals surface area contributed by atoms with Gasteiger partial charge in [-0.2, -0.15) is 11.8 Å². The van der Waals surface area contributed by atoms with E-state index in [9.17, 15) is 4.79 Å². The molecule has 0 aliphatic carbocycles. The molecule has 1 aliphatic rings. The fourth-order valence-electron chi connectivity index (χ4n) is 2.13. The normalized spacial score (nSPS) is 14.3. The molecule has 0 fully saturated rings. The molecule has 0 radical (unpaired) electrons. The van der Waals surface area contributed by atoms with Gasteiger partial charge in [0.1, 0.15) is 19.0 Å². The summed E-state index contributed by atoms with van der Waals surface area (Å²) in [5, 5.41) is 2.84. The van der Waals surface area contributed by atoms with Crippen molar-refractivity contribution in [1.82, 2.24) is 5.32 Å². The van der Waals surface area contributed by atoms with Crippen molar-refractivity contribution in [1.29, 1.82) is 0 Å². The standard InChI is InChI=1S/C15H22N2O4S/c1-19-12-8-14-13(20-4-5-21-14)7-10(12)9-17-15(18)11(16)3-6-22-2/h7-8,11H,3-6,9,16H2,1-2H3,(H,17,18)/t11-/m0/s1. The first-order valence-corrected chi connectivity index (χ1v) is 8.53. The average molecular weight is 326 g/mol. The minimum Gasteiger partial charge on any atom is -0.496 e. The van der Waals surface area contributed by atoms with Crippen molar-refractivity contribution in [2.75, 3.05) is 32.3 Å². The van der Waals surface area contributed by atoms with Crippen molar-refractivity contribution in [3.63, 3.8) is 0 Å². The van der Waals surface area contributed by atoms with E-state index in [2.05, 4.69) is 5.32 Å². The summed E-state index contributed by atoms with van der Waals surface area (Å²) in [4.78, 5) is 12.0. The Kier molecular flexibility index (Phi) is 6.21. The number of ether oxygens (including phenoxy) is 3. The third-order valence-corrected chi connectivity index (χ3v) is 4.01. The van der Waals surface area contributed by atoms with E-state index >= 15 is 0 Å². The summed E-state index contributed by atoms with van der Waals surface area (Å²) in [6, 6.07) is 3.13. The molecule has 1 atom stereocenters. The van der Waals surface area contributed by atoms with Crippen LogP contribution in [0.2, 0.25) is 0 Å². The Morgan fingerprint density at radius 3 is 2.73 bits per heavy atom. The summed E-state index contributed by atoms with van der Waals surface area (Å²) >= 11 is 1.67. The summed E-state index contributed by atoms with van der Waals surface area (Å²) in [6.07, 6.45) is 2.65. The zero-order valence-electron chi connectivity index (χ0n) is 12.9. The van der Waals surface area contributed by atoms with Crippen molar-refractivity contribution in [3.8, 4) is 17.2 Å². The Balaban J connectivity index is 2.01. The van der Waals surface area contributed by atoms with Gasteiger partial charge < -0.3 is 25.3 Å². The van der Waals surface area contributed by atoms with E-state index in [1.54, 1.807) is 24.9 Å². The molecule has 0 saturated carbocycles.